The van der Waals surface area contributed by atoms with E-state index in [0.29, 0.717) is 12.0 Å². The van der Waals surface area contributed by atoms with Gasteiger partial charge in [-0.15, -0.1) is 0 Å². The molecule has 0 bridgehead atoms. The van der Waals surface area contributed by atoms with Crippen LogP contribution in [0.15, 0.2) is 10.5 Å². The van der Waals surface area contributed by atoms with Gasteiger partial charge in [-0.2, -0.15) is 0 Å². The van der Waals surface area contributed by atoms with Crippen LogP contribution in [0.2, 0.25) is 0 Å². The molecule has 0 amide bonds. The Morgan fingerprint density at radius 1 is 1.37 bits per heavy atom. The number of halogens is 1. The lowest BCUT2D eigenvalue weighted by molar-refractivity contribution is 0.377. The van der Waals surface area contributed by atoms with Crippen molar-refractivity contribution < 1.29 is 4.74 Å². The molecule has 1 aromatic rings. The predicted molar refractivity (Wildman–Crippen MR) is 86.0 cm³/mol. The lowest BCUT2D eigenvalue weighted by atomic mass is 9.90. The third kappa shape index (κ3) is 3.73. The van der Waals surface area contributed by atoms with Gasteiger partial charge < -0.3 is 10.1 Å². The van der Waals surface area contributed by atoms with Crippen molar-refractivity contribution in [1.29, 1.82) is 0 Å². The Bertz CT molecular complexity index is 431. The lowest BCUT2D eigenvalue weighted by Crippen LogP contribution is -2.21. The summed E-state index contributed by atoms with van der Waals surface area (Å²) in [7, 11) is 3.79. The highest BCUT2D eigenvalue weighted by molar-refractivity contribution is 9.10. The molecule has 0 aromatic heterocycles. The molecule has 0 heterocycles. The molecule has 0 aliphatic rings. The number of methoxy groups -OCH3 is 1. The van der Waals surface area contributed by atoms with E-state index in [9.17, 15) is 0 Å². The number of hydrogen-bond acceptors (Lipinski definition) is 2. The van der Waals surface area contributed by atoms with Crippen LogP contribution in [0.4, 0.5) is 0 Å². The minimum absolute atomic E-state index is 0.334. The molecule has 19 heavy (non-hydrogen) atoms. The summed E-state index contributed by atoms with van der Waals surface area (Å²) in [5, 5.41) is 3.45. The number of rotatable bonds is 6. The van der Waals surface area contributed by atoms with E-state index in [1.165, 1.54) is 23.1 Å². The maximum atomic E-state index is 5.65. The number of ether oxygens (including phenoxy) is 1. The number of hydrogen-bond donors (Lipinski definition) is 1. The van der Waals surface area contributed by atoms with Crippen molar-refractivity contribution >= 4 is 15.9 Å². The highest BCUT2D eigenvalue weighted by Crippen LogP contribution is 2.38. The SMILES string of the molecule is CCC(C)CC(NC)c1c(C)c(Br)cc(C)c1OC. The van der Waals surface area contributed by atoms with Crippen molar-refractivity contribution in [2.45, 2.75) is 46.6 Å². The molecule has 108 valence electrons. The molecule has 0 aliphatic heterocycles. The van der Waals surface area contributed by atoms with Gasteiger partial charge >= 0.3 is 0 Å². The monoisotopic (exact) mass is 327 g/mol. The van der Waals surface area contributed by atoms with E-state index in [0.717, 1.165) is 16.6 Å². The fraction of sp³-hybridized carbons (Fsp3) is 0.625. The Kier molecular flexibility index (Phi) is 6.34. The molecule has 2 unspecified atom stereocenters. The summed E-state index contributed by atoms with van der Waals surface area (Å²) in [6, 6.07) is 2.47. The van der Waals surface area contributed by atoms with Crippen molar-refractivity contribution in [1.82, 2.24) is 5.32 Å². The lowest BCUT2D eigenvalue weighted by Gasteiger charge is -2.25. The molecule has 2 nitrogen and oxygen atoms in total. The first kappa shape index (κ1) is 16.5. The van der Waals surface area contributed by atoms with Crippen LogP contribution >= 0.6 is 15.9 Å². The van der Waals surface area contributed by atoms with Gasteiger partial charge in [0.15, 0.2) is 0 Å². The molecule has 2 atom stereocenters. The Hall–Kier alpha value is -0.540. The zero-order chi connectivity index (χ0) is 14.6. The van der Waals surface area contributed by atoms with Gasteiger partial charge in [-0.1, -0.05) is 36.2 Å². The Morgan fingerprint density at radius 3 is 2.47 bits per heavy atom. The quantitative estimate of drug-likeness (QED) is 0.812. The van der Waals surface area contributed by atoms with E-state index in [4.69, 9.17) is 4.74 Å². The molecule has 0 saturated carbocycles. The van der Waals surface area contributed by atoms with Crippen molar-refractivity contribution in [3.63, 3.8) is 0 Å². The second-order valence-electron chi connectivity index (χ2n) is 5.34. The fourth-order valence-electron chi connectivity index (χ4n) is 2.51. The zero-order valence-corrected chi connectivity index (χ0v) is 14.5. The van der Waals surface area contributed by atoms with Crippen LogP contribution in [0.5, 0.6) is 5.75 Å². The van der Waals surface area contributed by atoms with Gasteiger partial charge in [0.05, 0.1) is 7.11 Å². The molecule has 1 rings (SSSR count). The summed E-state index contributed by atoms with van der Waals surface area (Å²) in [4.78, 5) is 0. The summed E-state index contributed by atoms with van der Waals surface area (Å²) >= 11 is 3.66. The molecule has 0 aliphatic carbocycles. The van der Waals surface area contributed by atoms with Gasteiger partial charge in [0.25, 0.3) is 0 Å². The van der Waals surface area contributed by atoms with Crippen LogP contribution < -0.4 is 10.1 Å². The van der Waals surface area contributed by atoms with Crippen molar-refractivity contribution in [2.24, 2.45) is 5.92 Å². The van der Waals surface area contributed by atoms with E-state index in [2.05, 4.69) is 55.0 Å². The largest absolute Gasteiger partial charge is 0.496 e. The fourth-order valence-corrected chi connectivity index (χ4v) is 3.07. The first-order valence-electron chi connectivity index (χ1n) is 6.97. The molecular formula is C16H26BrNO. The molecule has 1 N–H and O–H groups in total. The first-order chi connectivity index (χ1) is 8.96. The number of nitrogens with one attached hydrogen (secondary N) is 1. The van der Waals surface area contributed by atoms with Gasteiger partial charge in [0.1, 0.15) is 5.75 Å². The van der Waals surface area contributed by atoms with E-state index in [1.54, 1.807) is 7.11 Å². The Balaban J connectivity index is 3.28. The highest BCUT2D eigenvalue weighted by atomic mass is 79.9. The average Bonchev–Trinajstić information content (AvgIpc) is 2.39. The molecule has 3 heteroatoms. The van der Waals surface area contributed by atoms with Crippen molar-refractivity contribution in [3.05, 3.63) is 27.2 Å². The van der Waals surface area contributed by atoms with Crippen LogP contribution in [0.25, 0.3) is 0 Å². The van der Waals surface area contributed by atoms with Gasteiger partial charge in [0.2, 0.25) is 0 Å². The van der Waals surface area contributed by atoms with E-state index >= 15 is 0 Å². The topological polar surface area (TPSA) is 21.3 Å². The average molecular weight is 328 g/mol. The Morgan fingerprint density at radius 2 is 2.00 bits per heavy atom. The predicted octanol–water partition coefficient (Wildman–Crippen LogP) is 4.77. The normalized spacial score (nSPS) is 14.3. The van der Waals surface area contributed by atoms with Crippen LogP contribution in [-0.2, 0) is 0 Å². The number of aryl methyl sites for hydroxylation is 1. The maximum Gasteiger partial charge on any atom is 0.126 e. The smallest absolute Gasteiger partial charge is 0.126 e. The van der Waals surface area contributed by atoms with Gasteiger partial charge in [-0.3, -0.25) is 0 Å². The third-order valence-electron chi connectivity index (χ3n) is 3.94. The second kappa shape index (κ2) is 7.30. The van der Waals surface area contributed by atoms with Crippen LogP contribution in [-0.4, -0.2) is 14.2 Å². The van der Waals surface area contributed by atoms with Crippen LogP contribution in [0.1, 0.15) is 49.4 Å². The molecule has 0 fully saturated rings. The number of benzene rings is 1. The summed E-state index contributed by atoms with van der Waals surface area (Å²) in [5.74, 6) is 1.71. The first-order valence-corrected chi connectivity index (χ1v) is 7.76. The van der Waals surface area contributed by atoms with Crippen molar-refractivity contribution in [3.8, 4) is 5.75 Å². The molecule has 0 spiro atoms. The van der Waals surface area contributed by atoms with Crippen molar-refractivity contribution in [2.75, 3.05) is 14.2 Å². The molecule has 1 aromatic carbocycles. The van der Waals surface area contributed by atoms with Crippen LogP contribution in [0.3, 0.4) is 0 Å². The third-order valence-corrected chi connectivity index (χ3v) is 4.77. The minimum Gasteiger partial charge on any atom is -0.496 e. The van der Waals surface area contributed by atoms with Gasteiger partial charge in [0, 0.05) is 16.1 Å². The summed E-state index contributed by atoms with van der Waals surface area (Å²) < 4.78 is 6.81. The minimum atomic E-state index is 0.334. The molecular weight excluding hydrogens is 302 g/mol. The summed E-state index contributed by atoms with van der Waals surface area (Å²) in [6.07, 6.45) is 2.33. The van der Waals surface area contributed by atoms with E-state index in [-0.39, 0.29) is 0 Å². The van der Waals surface area contributed by atoms with Gasteiger partial charge in [-0.25, -0.2) is 0 Å². The van der Waals surface area contributed by atoms with E-state index < -0.39 is 0 Å². The molecule has 0 radical (unpaired) electrons. The summed E-state index contributed by atoms with van der Waals surface area (Å²) in [6.45, 7) is 8.80. The Labute approximate surface area is 126 Å². The standard InChI is InChI=1S/C16H26BrNO/c1-7-10(2)8-14(18-5)15-12(4)13(17)9-11(3)16(15)19-6/h9-10,14,18H,7-8H2,1-6H3. The molecule has 0 saturated heterocycles. The summed E-state index contributed by atoms with van der Waals surface area (Å²) in [5.41, 5.74) is 3.74. The van der Waals surface area contributed by atoms with Crippen LogP contribution in [0, 0.1) is 19.8 Å². The van der Waals surface area contributed by atoms with E-state index in [1.807, 2.05) is 7.05 Å². The maximum absolute atomic E-state index is 5.65. The van der Waals surface area contributed by atoms with Gasteiger partial charge in [-0.05, 0) is 50.4 Å². The second-order valence-corrected chi connectivity index (χ2v) is 6.19. The zero-order valence-electron chi connectivity index (χ0n) is 12.9. The highest BCUT2D eigenvalue weighted by Gasteiger charge is 2.22.